The molecule has 1 N–H and O–H groups in total. The highest BCUT2D eigenvalue weighted by molar-refractivity contribution is 6.01. The van der Waals surface area contributed by atoms with Crippen LogP contribution in [0.3, 0.4) is 0 Å². The van der Waals surface area contributed by atoms with Crippen LogP contribution >= 0.6 is 0 Å². The number of benzene rings is 1. The van der Waals surface area contributed by atoms with Crippen molar-refractivity contribution in [3.63, 3.8) is 0 Å². The molecule has 1 aromatic rings. The number of fused-ring (bicyclic) bond motifs is 1. The fourth-order valence-corrected chi connectivity index (χ4v) is 5.76. The second-order valence-electron chi connectivity index (χ2n) is 9.50. The van der Waals surface area contributed by atoms with Crippen molar-refractivity contribution in [1.82, 2.24) is 15.1 Å². The topological polar surface area (TPSA) is 61.9 Å². The number of carbonyl (C=O) groups excluding carboxylic acids is 2. The number of carbonyl (C=O) groups is 2. The molecule has 3 heterocycles. The highest BCUT2D eigenvalue weighted by Gasteiger charge is 2.38. The van der Waals surface area contributed by atoms with Gasteiger partial charge in [0.1, 0.15) is 17.9 Å². The van der Waals surface area contributed by atoms with Gasteiger partial charge in [0.25, 0.3) is 5.91 Å². The maximum atomic E-state index is 13.0. The lowest BCUT2D eigenvalue weighted by Gasteiger charge is -2.41. The second kappa shape index (κ2) is 8.65. The summed E-state index contributed by atoms with van der Waals surface area (Å²) in [5.41, 5.74) is 2.39. The van der Waals surface area contributed by atoms with Gasteiger partial charge in [0.2, 0.25) is 5.91 Å². The second-order valence-corrected chi connectivity index (χ2v) is 9.50. The Hall–Kier alpha value is -2.34. The summed E-state index contributed by atoms with van der Waals surface area (Å²) in [6, 6.07) is 5.92. The van der Waals surface area contributed by atoms with E-state index in [1.54, 1.807) is 4.90 Å². The third-order valence-electron chi connectivity index (χ3n) is 7.42. The van der Waals surface area contributed by atoms with Gasteiger partial charge in [-0.15, -0.1) is 0 Å². The number of amides is 2. The SMILES string of the molecule is C=C1CCC(N2Cc3cc(O[C@@H]4CCCC[C@@H]4N4CCCCC4)ccc3C2=O)C(=O)N1. The number of hydrogen-bond donors (Lipinski definition) is 1. The van der Waals surface area contributed by atoms with Crippen molar-refractivity contribution in [1.29, 1.82) is 0 Å². The molecule has 0 spiro atoms. The minimum atomic E-state index is -0.420. The lowest BCUT2D eigenvalue weighted by atomic mass is 9.90. The standard InChI is InChI=1S/C25H33N3O3/c1-17-9-12-22(24(29)26-17)28-16-18-15-19(10-11-20(18)25(28)30)31-23-8-4-3-7-21(23)27-13-5-2-6-14-27/h10-11,15,21-23H,1-9,12-14,16H2,(H,26,29)/t21-,22?,23+/m0/s1. The van der Waals surface area contributed by atoms with Crippen LogP contribution in [0, 0.1) is 0 Å². The lowest BCUT2D eigenvalue weighted by molar-refractivity contribution is -0.126. The number of allylic oxidation sites excluding steroid dienone is 1. The van der Waals surface area contributed by atoms with Gasteiger partial charge in [0.15, 0.2) is 0 Å². The van der Waals surface area contributed by atoms with Gasteiger partial charge >= 0.3 is 0 Å². The van der Waals surface area contributed by atoms with Crippen LogP contribution in [0.25, 0.3) is 0 Å². The van der Waals surface area contributed by atoms with Crippen molar-refractivity contribution >= 4 is 11.8 Å². The maximum absolute atomic E-state index is 13.0. The van der Waals surface area contributed by atoms with Crippen molar-refractivity contribution in [2.45, 2.75) is 82.5 Å². The van der Waals surface area contributed by atoms with Crippen LogP contribution in [-0.2, 0) is 11.3 Å². The Balaban J connectivity index is 1.29. The summed E-state index contributed by atoms with van der Waals surface area (Å²) >= 11 is 0. The van der Waals surface area contributed by atoms with Gasteiger partial charge in [-0.3, -0.25) is 14.5 Å². The van der Waals surface area contributed by atoms with Gasteiger partial charge in [-0.25, -0.2) is 0 Å². The first-order valence-electron chi connectivity index (χ1n) is 11.9. The molecule has 3 fully saturated rings. The van der Waals surface area contributed by atoms with E-state index in [4.69, 9.17) is 4.74 Å². The van der Waals surface area contributed by atoms with Gasteiger partial charge in [-0.05, 0) is 81.8 Å². The molecule has 6 heteroatoms. The van der Waals surface area contributed by atoms with Crippen molar-refractivity contribution in [3.8, 4) is 5.75 Å². The highest BCUT2D eigenvalue weighted by atomic mass is 16.5. The molecule has 31 heavy (non-hydrogen) atoms. The van der Waals surface area contributed by atoms with E-state index in [2.05, 4.69) is 16.8 Å². The molecular weight excluding hydrogens is 390 g/mol. The van der Waals surface area contributed by atoms with Crippen LogP contribution in [-0.4, -0.2) is 52.9 Å². The van der Waals surface area contributed by atoms with E-state index >= 15 is 0 Å². The predicted octanol–water partition coefficient (Wildman–Crippen LogP) is 3.61. The Morgan fingerprint density at radius 2 is 1.81 bits per heavy atom. The molecule has 3 atom stereocenters. The minimum Gasteiger partial charge on any atom is -0.489 e. The first kappa shape index (κ1) is 20.6. The van der Waals surface area contributed by atoms with Crippen LogP contribution in [0.15, 0.2) is 30.5 Å². The van der Waals surface area contributed by atoms with E-state index in [9.17, 15) is 9.59 Å². The van der Waals surface area contributed by atoms with Crippen LogP contribution in [0.5, 0.6) is 5.75 Å². The summed E-state index contributed by atoms with van der Waals surface area (Å²) in [4.78, 5) is 29.7. The third kappa shape index (κ3) is 4.10. The molecule has 1 unspecified atom stereocenters. The molecule has 2 amide bonds. The average molecular weight is 424 g/mol. The summed E-state index contributed by atoms with van der Waals surface area (Å²) in [6.45, 7) is 6.68. The predicted molar refractivity (Wildman–Crippen MR) is 119 cm³/mol. The summed E-state index contributed by atoms with van der Waals surface area (Å²) < 4.78 is 6.54. The average Bonchev–Trinajstić information content (AvgIpc) is 3.10. The zero-order chi connectivity index (χ0) is 21.4. The molecule has 5 rings (SSSR count). The normalized spacial score (nSPS) is 29.6. The van der Waals surface area contributed by atoms with Gasteiger partial charge in [0.05, 0.1) is 0 Å². The summed E-state index contributed by atoms with van der Waals surface area (Å²) in [6.07, 6.45) is 10.3. The van der Waals surface area contributed by atoms with E-state index < -0.39 is 6.04 Å². The molecule has 0 bridgehead atoms. The number of hydrogen-bond acceptors (Lipinski definition) is 4. The number of piperidine rings is 2. The largest absolute Gasteiger partial charge is 0.489 e. The molecular formula is C25H33N3O3. The number of likely N-dealkylation sites (tertiary alicyclic amines) is 1. The summed E-state index contributed by atoms with van der Waals surface area (Å²) in [7, 11) is 0. The fraction of sp³-hybridized carbons (Fsp3) is 0.600. The number of nitrogens with one attached hydrogen (secondary N) is 1. The zero-order valence-corrected chi connectivity index (χ0v) is 18.3. The van der Waals surface area contributed by atoms with Crippen LogP contribution in [0.2, 0.25) is 0 Å². The summed E-state index contributed by atoms with van der Waals surface area (Å²) in [5, 5.41) is 2.80. The highest BCUT2D eigenvalue weighted by Crippen LogP contribution is 2.33. The van der Waals surface area contributed by atoms with E-state index in [1.165, 1.54) is 51.6 Å². The Morgan fingerprint density at radius 1 is 1.00 bits per heavy atom. The Morgan fingerprint density at radius 3 is 2.61 bits per heavy atom. The molecule has 0 aromatic heterocycles. The number of ether oxygens (including phenoxy) is 1. The number of nitrogens with zero attached hydrogens (tertiary/aromatic N) is 2. The van der Waals surface area contributed by atoms with E-state index in [0.717, 1.165) is 23.4 Å². The third-order valence-corrected chi connectivity index (χ3v) is 7.42. The smallest absolute Gasteiger partial charge is 0.255 e. The Bertz CT molecular complexity index is 877. The van der Waals surface area contributed by atoms with Gasteiger partial charge in [0, 0.05) is 23.8 Å². The van der Waals surface area contributed by atoms with Crippen LogP contribution in [0.4, 0.5) is 0 Å². The Labute approximate surface area is 184 Å². The van der Waals surface area contributed by atoms with Gasteiger partial charge < -0.3 is 15.0 Å². The van der Waals surface area contributed by atoms with E-state index in [-0.39, 0.29) is 17.9 Å². The first-order valence-corrected chi connectivity index (χ1v) is 11.9. The lowest BCUT2D eigenvalue weighted by Crippen LogP contribution is -2.49. The molecule has 0 radical (unpaired) electrons. The maximum Gasteiger partial charge on any atom is 0.255 e. The fourth-order valence-electron chi connectivity index (χ4n) is 5.76. The molecule has 4 aliphatic rings. The quantitative estimate of drug-likeness (QED) is 0.804. The van der Waals surface area contributed by atoms with Crippen molar-refractivity contribution < 1.29 is 14.3 Å². The van der Waals surface area contributed by atoms with Gasteiger partial charge in [-0.1, -0.05) is 19.4 Å². The molecule has 1 aliphatic carbocycles. The monoisotopic (exact) mass is 423 g/mol. The van der Waals surface area contributed by atoms with Crippen LogP contribution in [0.1, 0.15) is 73.7 Å². The molecule has 6 nitrogen and oxygen atoms in total. The Kier molecular flexibility index (Phi) is 5.74. The van der Waals surface area contributed by atoms with Gasteiger partial charge in [-0.2, -0.15) is 0 Å². The zero-order valence-electron chi connectivity index (χ0n) is 18.3. The summed E-state index contributed by atoms with van der Waals surface area (Å²) in [5.74, 6) is 0.669. The van der Waals surface area contributed by atoms with Crippen LogP contribution < -0.4 is 10.1 Å². The molecule has 3 aliphatic heterocycles. The number of rotatable bonds is 4. The van der Waals surface area contributed by atoms with Crippen molar-refractivity contribution in [3.05, 3.63) is 41.6 Å². The van der Waals surface area contributed by atoms with E-state index in [1.807, 2.05) is 18.2 Å². The van der Waals surface area contributed by atoms with E-state index in [0.29, 0.717) is 31.0 Å². The molecule has 1 saturated carbocycles. The molecule has 1 aromatic carbocycles. The molecule has 166 valence electrons. The minimum absolute atomic E-state index is 0.0573. The van der Waals surface area contributed by atoms with Crippen molar-refractivity contribution in [2.24, 2.45) is 0 Å². The van der Waals surface area contributed by atoms with Crippen molar-refractivity contribution in [2.75, 3.05) is 13.1 Å². The first-order chi connectivity index (χ1) is 15.1. The molecule has 2 saturated heterocycles.